The van der Waals surface area contributed by atoms with Crippen LogP contribution in [-0.4, -0.2) is 22.8 Å². The van der Waals surface area contributed by atoms with Gasteiger partial charge in [0.2, 0.25) is 0 Å². The van der Waals surface area contributed by atoms with Crippen molar-refractivity contribution in [1.29, 1.82) is 0 Å². The Bertz CT molecular complexity index is 404. The van der Waals surface area contributed by atoms with E-state index < -0.39 is 11.0 Å². The van der Waals surface area contributed by atoms with Crippen LogP contribution in [0, 0.1) is 11.3 Å². The van der Waals surface area contributed by atoms with Gasteiger partial charge in [0.05, 0.1) is 5.60 Å². The van der Waals surface area contributed by atoms with Crippen molar-refractivity contribution < 1.29 is 14.7 Å². The smallest absolute Gasteiger partial charge is 0.143 e. The Balaban J connectivity index is 0.00000172. The molecule has 0 aromatic rings. The van der Waals surface area contributed by atoms with Gasteiger partial charge in [0.1, 0.15) is 12.1 Å². The van der Waals surface area contributed by atoms with Gasteiger partial charge in [-0.25, -0.2) is 0 Å². The molecule has 1 aliphatic carbocycles. The Hall–Kier alpha value is -1.22. The van der Waals surface area contributed by atoms with Crippen molar-refractivity contribution in [1.82, 2.24) is 0 Å². The molecule has 0 radical (unpaired) electrons. The summed E-state index contributed by atoms with van der Waals surface area (Å²) in [7, 11) is 0. The van der Waals surface area contributed by atoms with Gasteiger partial charge in [0.25, 0.3) is 0 Å². The number of hydrogen-bond acceptors (Lipinski definition) is 3. The average Bonchev–Trinajstić information content (AvgIpc) is 2.36. The molecule has 0 aromatic carbocycles. The molecule has 2 atom stereocenters. The van der Waals surface area contributed by atoms with Crippen molar-refractivity contribution in [3.8, 4) is 0 Å². The van der Waals surface area contributed by atoms with Gasteiger partial charge in [-0.05, 0) is 24.5 Å². The van der Waals surface area contributed by atoms with Gasteiger partial charge in [-0.3, -0.25) is 9.59 Å². The first-order chi connectivity index (χ1) is 9.23. The highest BCUT2D eigenvalue weighted by atomic mass is 16.3. The molecule has 114 valence electrons. The quantitative estimate of drug-likeness (QED) is 0.489. The zero-order valence-corrected chi connectivity index (χ0v) is 13.6. The van der Waals surface area contributed by atoms with Crippen LogP contribution >= 0.6 is 0 Å². The maximum absolute atomic E-state index is 11.6. The summed E-state index contributed by atoms with van der Waals surface area (Å²) < 4.78 is 0. The lowest BCUT2D eigenvalue weighted by atomic mass is 9.60. The summed E-state index contributed by atoms with van der Waals surface area (Å²) in [6.45, 7) is 11.5. The molecular formula is C17H28O3. The van der Waals surface area contributed by atoms with E-state index in [4.69, 9.17) is 0 Å². The lowest BCUT2D eigenvalue weighted by Crippen LogP contribution is -2.53. The minimum atomic E-state index is -1.01. The fraction of sp³-hybridized carbons (Fsp3) is 0.647. The summed E-state index contributed by atoms with van der Waals surface area (Å²) in [4.78, 5) is 22.0. The van der Waals surface area contributed by atoms with Crippen LogP contribution in [0.25, 0.3) is 0 Å². The lowest BCUT2D eigenvalue weighted by molar-refractivity contribution is -0.142. The maximum Gasteiger partial charge on any atom is 0.143 e. The zero-order valence-electron chi connectivity index (χ0n) is 13.6. The summed E-state index contributed by atoms with van der Waals surface area (Å²) in [5, 5.41) is 10.8. The fourth-order valence-electron chi connectivity index (χ4n) is 2.68. The molecule has 1 N–H and O–H groups in total. The number of aliphatic hydroxyl groups is 1. The maximum atomic E-state index is 11.6. The second-order valence-corrected chi connectivity index (χ2v) is 5.91. The largest absolute Gasteiger partial charge is 0.385 e. The number of aldehydes is 1. The number of hydrogen-bond donors (Lipinski definition) is 1. The first-order valence-corrected chi connectivity index (χ1v) is 7.28. The monoisotopic (exact) mass is 280 g/mol. The molecule has 1 fully saturated rings. The minimum absolute atomic E-state index is 0.117. The lowest BCUT2D eigenvalue weighted by Gasteiger charge is -2.48. The summed E-state index contributed by atoms with van der Waals surface area (Å²) in [5.74, 6) is 0.0831. The molecule has 2 unspecified atom stereocenters. The first-order valence-electron chi connectivity index (χ1n) is 7.28. The van der Waals surface area contributed by atoms with Crippen LogP contribution in [0.15, 0.2) is 23.8 Å². The molecule has 0 spiro atoms. The highest BCUT2D eigenvalue weighted by molar-refractivity contribution is 5.81. The van der Waals surface area contributed by atoms with Crippen molar-refractivity contribution in [2.24, 2.45) is 11.3 Å². The number of rotatable bonds is 3. The van der Waals surface area contributed by atoms with Crippen LogP contribution in [0.3, 0.4) is 0 Å². The van der Waals surface area contributed by atoms with Crippen LogP contribution in [0.5, 0.6) is 0 Å². The molecule has 0 aromatic heterocycles. The average molecular weight is 280 g/mol. The van der Waals surface area contributed by atoms with E-state index in [1.54, 1.807) is 19.1 Å². The Morgan fingerprint density at radius 2 is 1.90 bits per heavy atom. The third-order valence-corrected chi connectivity index (χ3v) is 3.94. The van der Waals surface area contributed by atoms with Crippen LogP contribution in [0.2, 0.25) is 0 Å². The molecule has 0 bridgehead atoms. The van der Waals surface area contributed by atoms with Gasteiger partial charge in [-0.15, -0.1) is 0 Å². The van der Waals surface area contributed by atoms with Gasteiger partial charge in [-0.2, -0.15) is 0 Å². The van der Waals surface area contributed by atoms with Crippen LogP contribution in [-0.2, 0) is 9.59 Å². The standard InChI is InChI=1S/C15H22O3.C2H6/c1-11(6-8-16)5-7-15(18)12(2)9-13(17)10-14(15,3)4;1-2/h5-8,12,18H,9-10H2,1-4H3;1-2H3/b7-5+,11-6+;. The second kappa shape index (κ2) is 7.53. The van der Waals surface area contributed by atoms with E-state index in [1.165, 1.54) is 6.08 Å². The third kappa shape index (κ3) is 4.14. The molecule has 0 saturated heterocycles. The number of Topliss-reactive ketones (excluding diaryl/α,β-unsaturated/α-hetero) is 1. The highest BCUT2D eigenvalue weighted by Crippen LogP contribution is 2.46. The zero-order chi connectivity index (χ0) is 16.0. The minimum Gasteiger partial charge on any atom is -0.385 e. The Labute approximate surface area is 122 Å². The summed E-state index contributed by atoms with van der Waals surface area (Å²) in [6, 6.07) is 0. The van der Waals surface area contributed by atoms with Crippen LogP contribution < -0.4 is 0 Å². The van der Waals surface area contributed by atoms with E-state index >= 15 is 0 Å². The molecule has 0 amide bonds. The molecule has 20 heavy (non-hydrogen) atoms. The van der Waals surface area contributed by atoms with Crippen molar-refractivity contribution >= 4 is 12.1 Å². The molecule has 0 aliphatic heterocycles. The van der Waals surface area contributed by atoms with Gasteiger partial charge in [-0.1, -0.05) is 46.8 Å². The molecule has 1 rings (SSSR count). The van der Waals surface area contributed by atoms with E-state index in [0.717, 1.165) is 11.9 Å². The van der Waals surface area contributed by atoms with E-state index in [9.17, 15) is 14.7 Å². The molecule has 3 nitrogen and oxygen atoms in total. The van der Waals surface area contributed by atoms with Crippen molar-refractivity contribution in [2.45, 2.75) is 60.0 Å². The second-order valence-electron chi connectivity index (χ2n) is 5.91. The normalized spacial score (nSPS) is 29.9. The molecule has 0 heterocycles. The van der Waals surface area contributed by atoms with Crippen molar-refractivity contribution in [2.75, 3.05) is 0 Å². The fourth-order valence-corrected chi connectivity index (χ4v) is 2.68. The molecule has 1 saturated carbocycles. The number of carbonyl (C=O) groups is 2. The number of ketones is 1. The highest BCUT2D eigenvalue weighted by Gasteiger charge is 2.50. The first kappa shape index (κ1) is 18.8. The van der Waals surface area contributed by atoms with Gasteiger partial charge >= 0.3 is 0 Å². The SMILES string of the molecule is CC.CC(/C=C/C1(O)C(C)CC(=O)CC1(C)C)=C\C=O. The van der Waals surface area contributed by atoms with E-state index in [0.29, 0.717) is 12.8 Å². The number of carbonyl (C=O) groups excluding carboxylic acids is 2. The Kier molecular flexibility index (Phi) is 7.07. The van der Waals surface area contributed by atoms with E-state index in [1.807, 2.05) is 34.6 Å². The number of allylic oxidation sites excluding steroid dienone is 3. The summed E-state index contributed by atoms with van der Waals surface area (Å²) >= 11 is 0. The molecular weight excluding hydrogens is 252 g/mol. The van der Waals surface area contributed by atoms with E-state index in [-0.39, 0.29) is 11.7 Å². The Morgan fingerprint density at radius 1 is 1.35 bits per heavy atom. The third-order valence-electron chi connectivity index (χ3n) is 3.94. The van der Waals surface area contributed by atoms with Gasteiger partial charge < -0.3 is 5.11 Å². The van der Waals surface area contributed by atoms with Crippen molar-refractivity contribution in [3.05, 3.63) is 23.8 Å². The summed E-state index contributed by atoms with van der Waals surface area (Å²) in [5.41, 5.74) is -0.711. The Morgan fingerprint density at radius 3 is 2.35 bits per heavy atom. The topological polar surface area (TPSA) is 54.4 Å². The summed E-state index contributed by atoms with van der Waals surface area (Å²) in [6.07, 6.45) is 6.45. The van der Waals surface area contributed by atoms with Gasteiger partial charge in [0.15, 0.2) is 0 Å². The molecule has 3 heteroatoms. The predicted octanol–water partition coefficient (Wildman–Crippen LogP) is 3.47. The molecule has 1 aliphatic rings. The van der Waals surface area contributed by atoms with Crippen LogP contribution in [0.1, 0.15) is 54.4 Å². The van der Waals surface area contributed by atoms with Crippen molar-refractivity contribution in [3.63, 3.8) is 0 Å². The van der Waals surface area contributed by atoms with E-state index in [2.05, 4.69) is 0 Å². The van der Waals surface area contributed by atoms with Gasteiger partial charge in [0, 0.05) is 18.3 Å². The van der Waals surface area contributed by atoms with Crippen LogP contribution in [0.4, 0.5) is 0 Å². The predicted molar refractivity (Wildman–Crippen MR) is 82.4 cm³/mol.